The van der Waals surface area contributed by atoms with Gasteiger partial charge in [-0.2, -0.15) is 0 Å². The van der Waals surface area contributed by atoms with Crippen LogP contribution in [-0.2, 0) is 20.7 Å². The van der Waals surface area contributed by atoms with Crippen molar-refractivity contribution in [2.75, 3.05) is 7.11 Å². The molecule has 1 heterocycles. The second-order valence-corrected chi connectivity index (χ2v) is 5.61. The Morgan fingerprint density at radius 2 is 2.27 bits per heavy atom. The SMILES string of the molecule is COC(=O)CCc1cccc2c1O[C@H]1C[C@@H](O)[C@H](C=O)[C@@H]21.[Ac]. The van der Waals surface area contributed by atoms with Crippen LogP contribution in [-0.4, -0.2) is 36.7 Å². The number of aliphatic hydroxyl groups excluding tert-OH is 1. The van der Waals surface area contributed by atoms with Gasteiger partial charge < -0.3 is 19.4 Å². The van der Waals surface area contributed by atoms with E-state index in [1.807, 2.05) is 18.2 Å². The van der Waals surface area contributed by atoms with Crippen LogP contribution >= 0.6 is 0 Å². The minimum absolute atomic E-state index is 0. The molecule has 3 rings (SSSR count). The average Bonchev–Trinajstić information content (AvgIpc) is 2.99. The molecule has 1 aromatic carbocycles. The summed E-state index contributed by atoms with van der Waals surface area (Å²) >= 11 is 0. The number of aryl methyl sites for hydroxylation is 1. The molecule has 115 valence electrons. The van der Waals surface area contributed by atoms with Gasteiger partial charge in [-0.25, -0.2) is 0 Å². The van der Waals surface area contributed by atoms with Crippen molar-refractivity contribution in [3.05, 3.63) is 29.3 Å². The zero-order valence-electron chi connectivity index (χ0n) is 12.4. The van der Waals surface area contributed by atoms with E-state index in [1.165, 1.54) is 7.11 Å². The summed E-state index contributed by atoms with van der Waals surface area (Å²) in [6, 6.07) is 5.77. The maximum atomic E-state index is 11.3. The Morgan fingerprint density at radius 1 is 1.50 bits per heavy atom. The van der Waals surface area contributed by atoms with Crippen LogP contribution in [0.4, 0.5) is 0 Å². The minimum atomic E-state index is -0.635. The molecule has 5 nitrogen and oxygen atoms in total. The molecule has 6 heteroatoms. The van der Waals surface area contributed by atoms with Crippen LogP contribution in [0.2, 0.25) is 0 Å². The molecule has 0 unspecified atom stereocenters. The molecule has 1 aromatic rings. The standard InChI is InChI=1S/C16H18O5.Ac/c1-20-14(19)6-5-9-3-2-4-10-15-11(8-17)12(18)7-13(15)21-16(9)10;/h2-4,8,11-13,15,18H,5-7H2,1H3;/t11-,12+,13-,15+;/m0./s1. The number of benzene rings is 1. The molecule has 1 saturated carbocycles. The van der Waals surface area contributed by atoms with Crippen LogP contribution in [0, 0.1) is 50.0 Å². The number of carbonyl (C=O) groups is 2. The molecule has 1 aliphatic carbocycles. The molecule has 1 aliphatic heterocycles. The van der Waals surface area contributed by atoms with Gasteiger partial charge in [0, 0.05) is 68.4 Å². The second kappa shape index (κ2) is 7.42. The first-order chi connectivity index (χ1) is 10.2. The Bertz CT molecular complexity index is 574. The molecule has 1 N–H and O–H groups in total. The average molecular weight is 517 g/mol. The number of aldehydes is 1. The van der Waals surface area contributed by atoms with Crippen LogP contribution in [0.3, 0.4) is 0 Å². The first kappa shape index (κ1) is 17.9. The number of para-hydroxylation sites is 1. The van der Waals surface area contributed by atoms with E-state index in [1.54, 1.807) is 0 Å². The predicted molar refractivity (Wildman–Crippen MR) is 74.1 cm³/mol. The molecular formula is C16H18AcO5. The smallest absolute Gasteiger partial charge is 0.305 e. The first-order valence-corrected chi connectivity index (χ1v) is 7.14. The number of methoxy groups -OCH3 is 1. The normalized spacial score (nSPS) is 28.1. The second-order valence-electron chi connectivity index (χ2n) is 5.61. The number of ether oxygens (including phenoxy) is 2. The van der Waals surface area contributed by atoms with Crippen molar-refractivity contribution in [2.45, 2.75) is 37.4 Å². The Hall–Kier alpha value is -0.438. The fraction of sp³-hybridized carbons (Fsp3) is 0.500. The summed E-state index contributed by atoms with van der Waals surface area (Å²) in [5, 5.41) is 9.93. The third-order valence-corrected chi connectivity index (χ3v) is 4.47. The zero-order chi connectivity index (χ0) is 15.0. The van der Waals surface area contributed by atoms with Gasteiger partial charge >= 0.3 is 5.97 Å². The molecule has 0 amide bonds. The molecular weight excluding hydrogens is 499 g/mol. The van der Waals surface area contributed by atoms with E-state index in [2.05, 4.69) is 4.74 Å². The molecule has 1 radical (unpaired) electrons. The van der Waals surface area contributed by atoms with E-state index < -0.39 is 12.0 Å². The van der Waals surface area contributed by atoms with Gasteiger partial charge in [0.2, 0.25) is 0 Å². The van der Waals surface area contributed by atoms with Crippen molar-refractivity contribution in [3.8, 4) is 5.75 Å². The summed E-state index contributed by atoms with van der Waals surface area (Å²) in [5.41, 5.74) is 1.92. The first-order valence-electron chi connectivity index (χ1n) is 7.14. The summed E-state index contributed by atoms with van der Waals surface area (Å²) in [4.78, 5) is 22.5. The monoisotopic (exact) mass is 517 g/mol. The number of esters is 1. The Labute approximate surface area is 164 Å². The third-order valence-electron chi connectivity index (χ3n) is 4.47. The number of carbonyl (C=O) groups excluding carboxylic acids is 2. The maximum Gasteiger partial charge on any atom is 0.305 e. The van der Waals surface area contributed by atoms with E-state index in [0.717, 1.165) is 23.2 Å². The van der Waals surface area contributed by atoms with E-state index in [0.29, 0.717) is 19.3 Å². The zero-order valence-corrected chi connectivity index (χ0v) is 17.1. The van der Waals surface area contributed by atoms with Gasteiger partial charge in [0.1, 0.15) is 18.1 Å². The molecule has 4 atom stereocenters. The van der Waals surface area contributed by atoms with Crippen LogP contribution < -0.4 is 4.74 Å². The summed E-state index contributed by atoms with van der Waals surface area (Å²) < 4.78 is 10.6. The largest absolute Gasteiger partial charge is 0.489 e. The van der Waals surface area contributed by atoms with E-state index in [9.17, 15) is 14.7 Å². The number of fused-ring (bicyclic) bond motifs is 3. The van der Waals surface area contributed by atoms with Gasteiger partial charge in [-0.05, 0) is 12.0 Å². The van der Waals surface area contributed by atoms with Gasteiger partial charge in [0.05, 0.1) is 19.1 Å². The van der Waals surface area contributed by atoms with E-state index >= 15 is 0 Å². The Morgan fingerprint density at radius 3 is 2.95 bits per heavy atom. The molecule has 2 aliphatic rings. The quantitative estimate of drug-likeness (QED) is 0.481. The van der Waals surface area contributed by atoms with Crippen molar-refractivity contribution in [2.24, 2.45) is 5.92 Å². The predicted octanol–water partition coefficient (Wildman–Crippen LogP) is 1.22. The summed E-state index contributed by atoms with van der Waals surface area (Å²) in [7, 11) is 1.37. The number of rotatable bonds is 4. The van der Waals surface area contributed by atoms with E-state index in [4.69, 9.17) is 4.74 Å². The summed E-state index contributed by atoms with van der Waals surface area (Å²) in [6.45, 7) is 0. The van der Waals surface area contributed by atoms with E-state index in [-0.39, 0.29) is 62.1 Å². The van der Waals surface area contributed by atoms with Crippen molar-refractivity contribution < 1.29 is 68.2 Å². The van der Waals surface area contributed by atoms with Crippen LogP contribution in [0.1, 0.15) is 29.9 Å². The number of hydrogen-bond donors (Lipinski definition) is 1. The molecule has 0 aromatic heterocycles. The third kappa shape index (κ3) is 3.11. The number of aliphatic hydroxyl groups is 1. The summed E-state index contributed by atoms with van der Waals surface area (Å²) in [6.07, 6.45) is 1.36. The fourth-order valence-electron chi connectivity index (χ4n) is 3.43. The minimum Gasteiger partial charge on any atom is -0.489 e. The fourth-order valence-corrected chi connectivity index (χ4v) is 3.43. The van der Waals surface area contributed by atoms with Gasteiger partial charge in [0.15, 0.2) is 0 Å². The molecule has 1 fully saturated rings. The van der Waals surface area contributed by atoms with Crippen molar-refractivity contribution in [1.29, 1.82) is 0 Å². The van der Waals surface area contributed by atoms with Crippen molar-refractivity contribution in [1.82, 2.24) is 0 Å². The molecule has 0 spiro atoms. The van der Waals surface area contributed by atoms with Crippen LogP contribution in [0.5, 0.6) is 5.75 Å². The Balaban J connectivity index is 0.00000176. The van der Waals surface area contributed by atoms with Crippen molar-refractivity contribution in [3.63, 3.8) is 0 Å². The van der Waals surface area contributed by atoms with Crippen LogP contribution in [0.25, 0.3) is 0 Å². The Kier molecular flexibility index (Phi) is 6.04. The van der Waals surface area contributed by atoms with Gasteiger partial charge in [0.25, 0.3) is 0 Å². The number of hydrogen-bond acceptors (Lipinski definition) is 5. The molecule has 0 saturated heterocycles. The van der Waals surface area contributed by atoms with Crippen molar-refractivity contribution >= 4 is 12.3 Å². The molecule has 0 bridgehead atoms. The maximum absolute atomic E-state index is 11.3. The van der Waals surface area contributed by atoms with Crippen LogP contribution in [0.15, 0.2) is 18.2 Å². The topological polar surface area (TPSA) is 72.8 Å². The summed E-state index contributed by atoms with van der Waals surface area (Å²) in [5.74, 6) is 0.0276. The molecule has 22 heavy (non-hydrogen) atoms. The van der Waals surface area contributed by atoms with Gasteiger partial charge in [-0.3, -0.25) is 4.79 Å². The van der Waals surface area contributed by atoms with Gasteiger partial charge in [-0.15, -0.1) is 0 Å². The van der Waals surface area contributed by atoms with Gasteiger partial charge in [-0.1, -0.05) is 18.2 Å².